The number of nitrogens with one attached hydrogen (secondary N) is 1. The van der Waals surface area contributed by atoms with E-state index in [0.29, 0.717) is 0 Å². The van der Waals surface area contributed by atoms with Crippen LogP contribution in [0.25, 0.3) is 0 Å². The first-order valence-corrected chi connectivity index (χ1v) is 9.71. The fourth-order valence-corrected chi connectivity index (χ4v) is 4.48. The van der Waals surface area contributed by atoms with E-state index < -0.39 is 37.5 Å². The summed E-state index contributed by atoms with van der Waals surface area (Å²) < 4.78 is 28.2. The van der Waals surface area contributed by atoms with Crippen molar-refractivity contribution in [2.24, 2.45) is 0 Å². The molecule has 0 aliphatic rings. The maximum absolute atomic E-state index is 12.9. The minimum atomic E-state index is -4.22. The predicted octanol–water partition coefficient (Wildman–Crippen LogP) is 2.66. The number of carbonyl (C=O) groups is 1. The molecule has 0 aliphatic heterocycles. The van der Waals surface area contributed by atoms with Crippen molar-refractivity contribution in [3.05, 3.63) is 69.8 Å². The minimum Gasteiger partial charge on any atom is -0.481 e. The van der Waals surface area contributed by atoms with Gasteiger partial charge in [0.2, 0.25) is 10.0 Å². The second-order valence-corrected chi connectivity index (χ2v) is 7.77. The number of aliphatic carboxylic acids is 1. The summed E-state index contributed by atoms with van der Waals surface area (Å²) in [4.78, 5) is 21.0. The number of aryl methyl sites for hydroxylation is 1. The summed E-state index contributed by atoms with van der Waals surface area (Å²) in [5.41, 5.74) is 0.558. The highest BCUT2D eigenvalue weighted by Crippen LogP contribution is 2.27. The third kappa shape index (κ3) is 5.60. The second kappa shape index (κ2) is 8.74. The van der Waals surface area contributed by atoms with Crippen LogP contribution < -0.4 is 4.72 Å². The summed E-state index contributed by atoms with van der Waals surface area (Å²) in [7, 11) is -4.22. The van der Waals surface area contributed by atoms with Gasteiger partial charge in [0.1, 0.15) is 0 Å². The summed E-state index contributed by atoms with van der Waals surface area (Å²) >= 11 is 0. The van der Waals surface area contributed by atoms with Crippen LogP contribution in [0.1, 0.15) is 24.0 Å². The van der Waals surface area contributed by atoms with E-state index in [2.05, 4.69) is 4.72 Å². The van der Waals surface area contributed by atoms with E-state index in [1.807, 2.05) is 6.07 Å². The summed E-state index contributed by atoms with van der Waals surface area (Å²) in [5, 5.41) is 20.2. The van der Waals surface area contributed by atoms with E-state index in [-0.39, 0.29) is 24.8 Å². The lowest BCUT2D eigenvalue weighted by atomic mass is 10.0. The van der Waals surface area contributed by atoms with Crippen LogP contribution in [0.5, 0.6) is 0 Å². The molecule has 1 atom stereocenters. The van der Waals surface area contributed by atoms with Crippen molar-refractivity contribution in [1.82, 2.24) is 4.72 Å². The van der Waals surface area contributed by atoms with E-state index >= 15 is 0 Å². The van der Waals surface area contributed by atoms with Gasteiger partial charge in [-0.2, -0.15) is 0 Å². The SMILES string of the molecule is Cc1cccc([N+](=O)[O-])c1S(=O)(=O)NC(CCC(=O)O)Cc1ccccc1. The standard InChI is InChI=1S/C18H20N2O6S/c1-13-6-5-9-16(20(23)24)18(13)27(25,26)19-15(10-11-17(21)22)12-14-7-3-2-4-8-14/h2-9,15,19H,10-12H2,1H3,(H,21,22). The van der Waals surface area contributed by atoms with Gasteiger partial charge in [-0.3, -0.25) is 14.9 Å². The van der Waals surface area contributed by atoms with Crippen molar-refractivity contribution in [2.75, 3.05) is 0 Å². The summed E-state index contributed by atoms with van der Waals surface area (Å²) in [6.07, 6.45) is 0.103. The predicted molar refractivity (Wildman–Crippen MR) is 99.0 cm³/mol. The minimum absolute atomic E-state index is 0.0587. The van der Waals surface area contributed by atoms with Gasteiger partial charge in [0, 0.05) is 18.5 Å². The molecular weight excluding hydrogens is 372 g/mol. The first-order chi connectivity index (χ1) is 12.7. The number of nitro benzene ring substituents is 1. The molecule has 0 fully saturated rings. The number of sulfonamides is 1. The molecule has 1 unspecified atom stereocenters. The maximum atomic E-state index is 12.9. The highest BCUT2D eigenvalue weighted by Gasteiger charge is 2.30. The Balaban J connectivity index is 2.35. The van der Waals surface area contributed by atoms with Gasteiger partial charge < -0.3 is 5.11 Å². The van der Waals surface area contributed by atoms with Crippen LogP contribution in [0, 0.1) is 17.0 Å². The smallest absolute Gasteiger partial charge is 0.303 e. The Kier molecular flexibility index (Phi) is 6.65. The third-order valence-electron chi connectivity index (χ3n) is 4.01. The van der Waals surface area contributed by atoms with Crippen molar-refractivity contribution in [2.45, 2.75) is 37.1 Å². The van der Waals surface area contributed by atoms with Gasteiger partial charge in [0.05, 0.1) is 4.92 Å². The highest BCUT2D eigenvalue weighted by atomic mass is 32.2. The molecule has 0 radical (unpaired) electrons. The fourth-order valence-electron chi connectivity index (χ4n) is 2.81. The molecule has 0 saturated heterocycles. The Morgan fingerprint density at radius 3 is 2.44 bits per heavy atom. The molecular formula is C18H20N2O6S. The zero-order valence-electron chi connectivity index (χ0n) is 14.7. The zero-order valence-corrected chi connectivity index (χ0v) is 15.5. The first-order valence-electron chi connectivity index (χ1n) is 8.23. The lowest BCUT2D eigenvalue weighted by molar-refractivity contribution is -0.387. The molecule has 0 aliphatic carbocycles. The molecule has 2 rings (SSSR count). The number of hydrogen-bond donors (Lipinski definition) is 2. The van der Waals surface area contributed by atoms with Crippen LogP contribution in [-0.2, 0) is 21.2 Å². The van der Waals surface area contributed by atoms with E-state index in [1.54, 1.807) is 24.3 Å². The monoisotopic (exact) mass is 392 g/mol. The lowest BCUT2D eigenvalue weighted by Gasteiger charge is -2.19. The second-order valence-electron chi connectivity index (χ2n) is 6.12. The molecule has 2 N–H and O–H groups in total. The van der Waals surface area contributed by atoms with E-state index in [9.17, 15) is 23.3 Å². The van der Waals surface area contributed by atoms with Crippen LogP contribution in [0.2, 0.25) is 0 Å². The Labute approximate surface area is 157 Å². The van der Waals surface area contributed by atoms with Crippen molar-refractivity contribution in [3.63, 3.8) is 0 Å². The van der Waals surface area contributed by atoms with Gasteiger partial charge in [-0.05, 0) is 30.9 Å². The Morgan fingerprint density at radius 1 is 1.19 bits per heavy atom. The number of rotatable bonds is 9. The largest absolute Gasteiger partial charge is 0.481 e. The summed E-state index contributed by atoms with van der Waals surface area (Å²) in [6, 6.07) is 12.3. The summed E-state index contributed by atoms with van der Waals surface area (Å²) in [6.45, 7) is 1.48. The number of benzene rings is 2. The molecule has 2 aromatic carbocycles. The Hall–Kier alpha value is -2.78. The molecule has 2 aromatic rings. The number of hydrogen-bond acceptors (Lipinski definition) is 5. The van der Waals surface area contributed by atoms with Gasteiger partial charge in [-0.15, -0.1) is 0 Å². The number of carboxylic acid groups (broad SMARTS) is 1. The van der Waals surface area contributed by atoms with Crippen molar-refractivity contribution in [1.29, 1.82) is 0 Å². The van der Waals surface area contributed by atoms with Gasteiger partial charge in [0.25, 0.3) is 5.69 Å². The number of nitrogens with zero attached hydrogens (tertiary/aromatic N) is 1. The molecule has 9 heteroatoms. The van der Waals surface area contributed by atoms with Crippen LogP contribution in [-0.4, -0.2) is 30.5 Å². The van der Waals surface area contributed by atoms with Crippen LogP contribution in [0.15, 0.2) is 53.4 Å². The fraction of sp³-hybridized carbons (Fsp3) is 0.278. The molecule has 27 heavy (non-hydrogen) atoms. The molecule has 0 spiro atoms. The highest BCUT2D eigenvalue weighted by molar-refractivity contribution is 7.89. The summed E-state index contributed by atoms with van der Waals surface area (Å²) in [5.74, 6) is -1.05. The molecule has 0 amide bonds. The van der Waals surface area contributed by atoms with Crippen molar-refractivity contribution in [3.8, 4) is 0 Å². The van der Waals surface area contributed by atoms with Gasteiger partial charge >= 0.3 is 5.97 Å². The average Bonchev–Trinajstić information content (AvgIpc) is 2.59. The third-order valence-corrected chi connectivity index (χ3v) is 5.72. The molecule has 0 heterocycles. The Bertz CT molecular complexity index is 928. The molecule has 0 bridgehead atoms. The van der Waals surface area contributed by atoms with Gasteiger partial charge in [-0.1, -0.05) is 42.5 Å². The van der Waals surface area contributed by atoms with E-state index in [1.165, 1.54) is 19.1 Å². The number of carboxylic acids is 1. The topological polar surface area (TPSA) is 127 Å². The zero-order chi connectivity index (χ0) is 20.0. The van der Waals surface area contributed by atoms with Crippen molar-refractivity contribution >= 4 is 21.7 Å². The first kappa shape index (κ1) is 20.5. The average molecular weight is 392 g/mol. The van der Waals surface area contributed by atoms with E-state index in [0.717, 1.165) is 11.6 Å². The normalized spacial score (nSPS) is 12.5. The molecule has 0 aromatic heterocycles. The molecule has 0 saturated carbocycles. The van der Waals surface area contributed by atoms with Gasteiger partial charge in [-0.25, -0.2) is 13.1 Å². The lowest BCUT2D eigenvalue weighted by Crippen LogP contribution is -2.37. The maximum Gasteiger partial charge on any atom is 0.303 e. The van der Waals surface area contributed by atoms with Crippen LogP contribution >= 0.6 is 0 Å². The van der Waals surface area contributed by atoms with Crippen molar-refractivity contribution < 1.29 is 23.2 Å². The molecule has 144 valence electrons. The molecule has 8 nitrogen and oxygen atoms in total. The van der Waals surface area contributed by atoms with Crippen LogP contribution in [0.4, 0.5) is 5.69 Å². The quantitative estimate of drug-likeness (QED) is 0.499. The van der Waals surface area contributed by atoms with Crippen LogP contribution in [0.3, 0.4) is 0 Å². The number of nitro groups is 1. The van der Waals surface area contributed by atoms with Gasteiger partial charge in [0.15, 0.2) is 4.90 Å². The van der Waals surface area contributed by atoms with E-state index in [4.69, 9.17) is 5.11 Å². The Morgan fingerprint density at radius 2 is 1.85 bits per heavy atom.